The van der Waals surface area contributed by atoms with Crippen molar-refractivity contribution in [3.05, 3.63) is 53.1 Å². The molecule has 2 N–H and O–H groups in total. The zero-order chi connectivity index (χ0) is 16.7. The minimum absolute atomic E-state index is 0. The van der Waals surface area contributed by atoms with Crippen LogP contribution in [0.1, 0.15) is 23.4 Å². The average Bonchev–Trinajstić information content (AvgIpc) is 2.86. The molecular formula is C17H25FIN5. The van der Waals surface area contributed by atoms with Crippen LogP contribution in [0.25, 0.3) is 0 Å². The Morgan fingerprint density at radius 1 is 1.21 bits per heavy atom. The molecule has 0 fully saturated rings. The summed E-state index contributed by atoms with van der Waals surface area (Å²) in [7, 11) is 1.74. The van der Waals surface area contributed by atoms with Crippen LogP contribution in [0, 0.1) is 19.7 Å². The van der Waals surface area contributed by atoms with E-state index >= 15 is 0 Å². The lowest BCUT2D eigenvalue weighted by Gasteiger charge is -2.12. The van der Waals surface area contributed by atoms with Gasteiger partial charge in [-0.1, -0.05) is 12.1 Å². The normalized spacial score (nSPS) is 11.1. The summed E-state index contributed by atoms with van der Waals surface area (Å²) < 4.78 is 14.9. The van der Waals surface area contributed by atoms with Crippen LogP contribution in [0.15, 0.2) is 35.3 Å². The number of nitrogens with one attached hydrogen (secondary N) is 2. The van der Waals surface area contributed by atoms with Crippen LogP contribution < -0.4 is 10.6 Å². The van der Waals surface area contributed by atoms with Crippen LogP contribution >= 0.6 is 24.0 Å². The van der Waals surface area contributed by atoms with Gasteiger partial charge in [-0.05, 0) is 44.0 Å². The van der Waals surface area contributed by atoms with Gasteiger partial charge in [0.05, 0.1) is 5.69 Å². The van der Waals surface area contributed by atoms with E-state index in [-0.39, 0.29) is 29.8 Å². The van der Waals surface area contributed by atoms with Gasteiger partial charge in [-0.2, -0.15) is 5.10 Å². The van der Waals surface area contributed by atoms with E-state index in [1.165, 1.54) is 17.8 Å². The molecule has 0 aliphatic rings. The summed E-state index contributed by atoms with van der Waals surface area (Å²) in [6.45, 7) is 6.36. The topological polar surface area (TPSA) is 54.2 Å². The molecule has 2 rings (SSSR count). The van der Waals surface area contributed by atoms with Crippen LogP contribution in [0.3, 0.4) is 0 Å². The van der Waals surface area contributed by atoms with E-state index in [0.717, 1.165) is 36.7 Å². The number of aryl methyl sites for hydroxylation is 3. The smallest absolute Gasteiger partial charge is 0.191 e. The van der Waals surface area contributed by atoms with Gasteiger partial charge in [-0.25, -0.2) is 4.39 Å². The van der Waals surface area contributed by atoms with E-state index in [2.05, 4.69) is 33.7 Å². The molecule has 0 bridgehead atoms. The fourth-order valence-corrected chi connectivity index (χ4v) is 2.35. The predicted molar refractivity (Wildman–Crippen MR) is 106 cm³/mol. The van der Waals surface area contributed by atoms with Crippen molar-refractivity contribution in [3.63, 3.8) is 0 Å². The second-order valence-electron chi connectivity index (χ2n) is 5.48. The minimum Gasteiger partial charge on any atom is -0.356 e. The van der Waals surface area contributed by atoms with E-state index in [1.54, 1.807) is 19.2 Å². The van der Waals surface area contributed by atoms with Gasteiger partial charge < -0.3 is 10.6 Å². The van der Waals surface area contributed by atoms with Crippen LogP contribution in [0.4, 0.5) is 4.39 Å². The van der Waals surface area contributed by atoms with Gasteiger partial charge in [-0.15, -0.1) is 24.0 Å². The highest BCUT2D eigenvalue weighted by molar-refractivity contribution is 14.0. The lowest BCUT2D eigenvalue weighted by Crippen LogP contribution is -2.37. The Bertz CT molecular complexity index is 652. The molecule has 0 radical (unpaired) electrons. The zero-order valence-corrected chi connectivity index (χ0v) is 16.7. The molecule has 0 atom stereocenters. The highest BCUT2D eigenvalue weighted by Crippen LogP contribution is 2.03. The van der Waals surface area contributed by atoms with Crippen molar-refractivity contribution < 1.29 is 4.39 Å². The minimum atomic E-state index is -0.222. The molecule has 0 amide bonds. The Labute approximate surface area is 159 Å². The summed E-state index contributed by atoms with van der Waals surface area (Å²) in [5.74, 6) is 0.517. The fourth-order valence-electron chi connectivity index (χ4n) is 2.35. The maximum Gasteiger partial charge on any atom is 0.191 e. The Kier molecular flexibility index (Phi) is 8.73. The number of hydrogen-bond donors (Lipinski definition) is 2. The maximum absolute atomic E-state index is 12.9. The van der Waals surface area contributed by atoms with Gasteiger partial charge in [0.25, 0.3) is 0 Å². The van der Waals surface area contributed by atoms with Gasteiger partial charge >= 0.3 is 0 Å². The Balaban J connectivity index is 0.00000288. The molecule has 1 aromatic heterocycles. The van der Waals surface area contributed by atoms with E-state index in [4.69, 9.17) is 0 Å². The third-order valence-corrected chi connectivity index (χ3v) is 3.54. The Morgan fingerprint density at radius 2 is 1.92 bits per heavy atom. The second kappa shape index (κ2) is 10.3. The van der Waals surface area contributed by atoms with Crippen LogP contribution in [-0.2, 0) is 13.1 Å². The highest BCUT2D eigenvalue weighted by atomic mass is 127. The van der Waals surface area contributed by atoms with Crippen molar-refractivity contribution in [2.75, 3.05) is 13.6 Å². The van der Waals surface area contributed by atoms with Gasteiger partial charge in [-0.3, -0.25) is 9.67 Å². The molecule has 132 valence electrons. The van der Waals surface area contributed by atoms with E-state index in [1.807, 2.05) is 11.6 Å². The average molecular weight is 445 g/mol. The SMILES string of the molecule is CN=C(NCCCn1nc(C)cc1C)NCc1ccc(F)cc1.I. The summed E-state index contributed by atoms with van der Waals surface area (Å²) in [5, 5.41) is 10.9. The van der Waals surface area contributed by atoms with Crippen molar-refractivity contribution in [1.29, 1.82) is 0 Å². The molecule has 0 saturated heterocycles. The number of aliphatic imine (C=N–C) groups is 1. The molecule has 0 spiro atoms. The lowest BCUT2D eigenvalue weighted by molar-refractivity contribution is 0.555. The van der Waals surface area contributed by atoms with Crippen molar-refractivity contribution in [1.82, 2.24) is 20.4 Å². The number of halogens is 2. The third-order valence-electron chi connectivity index (χ3n) is 3.54. The van der Waals surface area contributed by atoms with Crippen molar-refractivity contribution in [3.8, 4) is 0 Å². The number of rotatable bonds is 6. The summed E-state index contributed by atoms with van der Waals surface area (Å²) >= 11 is 0. The summed E-state index contributed by atoms with van der Waals surface area (Å²) in [4.78, 5) is 4.18. The molecule has 1 heterocycles. The molecule has 0 aliphatic carbocycles. The van der Waals surface area contributed by atoms with Crippen molar-refractivity contribution in [2.45, 2.75) is 33.4 Å². The summed E-state index contributed by atoms with van der Waals surface area (Å²) in [6, 6.07) is 8.52. The Hall–Kier alpha value is -1.64. The number of benzene rings is 1. The molecule has 2 aromatic rings. The largest absolute Gasteiger partial charge is 0.356 e. The molecule has 7 heteroatoms. The van der Waals surface area contributed by atoms with E-state index in [9.17, 15) is 4.39 Å². The first-order chi connectivity index (χ1) is 11.1. The molecule has 0 aliphatic heterocycles. The third kappa shape index (κ3) is 6.46. The molecule has 1 aromatic carbocycles. The first kappa shape index (κ1) is 20.4. The Morgan fingerprint density at radius 3 is 2.50 bits per heavy atom. The maximum atomic E-state index is 12.9. The zero-order valence-electron chi connectivity index (χ0n) is 14.3. The molecular weight excluding hydrogens is 420 g/mol. The van der Waals surface area contributed by atoms with Gasteiger partial charge in [0.2, 0.25) is 0 Å². The first-order valence-corrected chi connectivity index (χ1v) is 7.78. The molecule has 24 heavy (non-hydrogen) atoms. The number of aromatic nitrogens is 2. The fraction of sp³-hybridized carbons (Fsp3) is 0.412. The quantitative estimate of drug-likeness (QED) is 0.311. The molecule has 0 unspecified atom stereocenters. The number of hydrogen-bond acceptors (Lipinski definition) is 2. The van der Waals surface area contributed by atoms with Crippen LogP contribution in [0.5, 0.6) is 0 Å². The standard InChI is InChI=1S/C17H24FN5.HI/c1-13-11-14(2)23(22-13)10-4-9-20-17(19-3)21-12-15-5-7-16(18)8-6-15;/h5-8,11H,4,9-10,12H2,1-3H3,(H2,19,20,21);1H. The first-order valence-electron chi connectivity index (χ1n) is 7.78. The van der Waals surface area contributed by atoms with Gasteiger partial charge in [0, 0.05) is 32.4 Å². The monoisotopic (exact) mass is 445 g/mol. The highest BCUT2D eigenvalue weighted by Gasteiger charge is 2.01. The van der Waals surface area contributed by atoms with Gasteiger partial charge in [0.1, 0.15) is 5.82 Å². The van der Waals surface area contributed by atoms with Crippen LogP contribution in [-0.4, -0.2) is 29.3 Å². The molecule has 5 nitrogen and oxygen atoms in total. The van der Waals surface area contributed by atoms with Crippen molar-refractivity contribution in [2.24, 2.45) is 4.99 Å². The molecule has 0 saturated carbocycles. The van der Waals surface area contributed by atoms with Crippen LogP contribution in [0.2, 0.25) is 0 Å². The van der Waals surface area contributed by atoms with E-state index < -0.39 is 0 Å². The van der Waals surface area contributed by atoms with E-state index in [0.29, 0.717) is 6.54 Å². The van der Waals surface area contributed by atoms with Gasteiger partial charge in [0.15, 0.2) is 5.96 Å². The number of guanidine groups is 1. The summed E-state index contributed by atoms with van der Waals surface area (Å²) in [6.07, 6.45) is 0.958. The second-order valence-corrected chi connectivity index (χ2v) is 5.48. The number of nitrogens with zero attached hydrogens (tertiary/aromatic N) is 3. The lowest BCUT2D eigenvalue weighted by atomic mass is 10.2. The predicted octanol–water partition coefficient (Wildman–Crippen LogP) is 3.01. The summed E-state index contributed by atoms with van der Waals surface area (Å²) in [5.41, 5.74) is 3.24. The van der Waals surface area contributed by atoms with Crippen molar-refractivity contribution >= 4 is 29.9 Å².